The summed E-state index contributed by atoms with van der Waals surface area (Å²) in [5.74, 6) is -0.376. The van der Waals surface area contributed by atoms with Gasteiger partial charge in [-0.2, -0.15) is 0 Å². The van der Waals surface area contributed by atoms with Gasteiger partial charge in [0.25, 0.3) is 0 Å². The molecule has 0 amide bonds. The average Bonchev–Trinajstić information content (AvgIpc) is 2.48. The number of carbonyl (C=O) groups is 2. The number of ether oxygens (including phenoxy) is 1. The molecule has 1 atom stereocenters. The monoisotopic (exact) mass is 275 g/mol. The Balaban J connectivity index is 2.14. The summed E-state index contributed by atoms with van der Waals surface area (Å²) in [4.78, 5) is 24.6. The largest absolute Gasteiger partial charge is 0.465 e. The quantitative estimate of drug-likeness (QED) is 0.663. The molecule has 0 radical (unpaired) electrons. The van der Waals surface area contributed by atoms with Crippen LogP contribution in [0.2, 0.25) is 0 Å². The van der Waals surface area contributed by atoms with Gasteiger partial charge in [0.1, 0.15) is 5.41 Å². The zero-order chi connectivity index (χ0) is 14.4. The SMILES string of the molecule is CCOC(=O)C1(CNc2ccccc2)CCCCC1=O. The Morgan fingerprint density at radius 3 is 2.70 bits per heavy atom. The summed E-state index contributed by atoms with van der Waals surface area (Å²) in [6.45, 7) is 2.39. The van der Waals surface area contributed by atoms with Crippen LogP contribution >= 0.6 is 0 Å². The standard InChI is InChI=1S/C16H21NO3/c1-2-20-15(19)16(11-7-6-10-14(16)18)12-17-13-8-4-3-5-9-13/h3-5,8-9,17H,2,6-7,10-12H2,1H3. The minimum absolute atomic E-state index is 0.00521. The van der Waals surface area contributed by atoms with E-state index in [4.69, 9.17) is 4.74 Å². The Morgan fingerprint density at radius 1 is 1.30 bits per heavy atom. The number of carbonyl (C=O) groups excluding carboxylic acids is 2. The van der Waals surface area contributed by atoms with Gasteiger partial charge >= 0.3 is 5.97 Å². The van der Waals surface area contributed by atoms with Crippen LogP contribution in [0.5, 0.6) is 0 Å². The molecule has 1 aromatic rings. The van der Waals surface area contributed by atoms with Crippen LogP contribution in [0.3, 0.4) is 0 Å². The maximum atomic E-state index is 12.3. The van der Waals surface area contributed by atoms with Crippen molar-refractivity contribution in [3.63, 3.8) is 0 Å². The number of benzene rings is 1. The van der Waals surface area contributed by atoms with Crippen molar-refractivity contribution in [2.24, 2.45) is 5.41 Å². The number of rotatable bonds is 5. The fraction of sp³-hybridized carbons (Fsp3) is 0.500. The van der Waals surface area contributed by atoms with Crippen LogP contribution in [-0.2, 0) is 14.3 Å². The van der Waals surface area contributed by atoms with Crippen molar-refractivity contribution in [1.82, 2.24) is 0 Å². The van der Waals surface area contributed by atoms with Crippen molar-refractivity contribution < 1.29 is 14.3 Å². The highest BCUT2D eigenvalue weighted by atomic mass is 16.5. The minimum atomic E-state index is -1.01. The van der Waals surface area contributed by atoms with Crippen LogP contribution in [0.1, 0.15) is 32.6 Å². The second-order valence-corrected chi connectivity index (χ2v) is 5.15. The number of para-hydroxylation sites is 1. The van der Waals surface area contributed by atoms with E-state index < -0.39 is 5.41 Å². The van der Waals surface area contributed by atoms with E-state index in [0.29, 0.717) is 26.0 Å². The third-order valence-electron chi connectivity index (χ3n) is 3.83. The molecule has 1 N–H and O–H groups in total. The van der Waals surface area contributed by atoms with Gasteiger partial charge in [-0.1, -0.05) is 24.6 Å². The summed E-state index contributed by atoms with van der Waals surface area (Å²) >= 11 is 0. The summed E-state index contributed by atoms with van der Waals surface area (Å²) in [6.07, 6.45) is 2.80. The maximum Gasteiger partial charge on any atom is 0.321 e. The molecule has 0 aromatic heterocycles. The topological polar surface area (TPSA) is 55.4 Å². The lowest BCUT2D eigenvalue weighted by Crippen LogP contribution is -2.47. The van der Waals surface area contributed by atoms with Gasteiger partial charge in [-0.3, -0.25) is 9.59 Å². The molecule has 1 aromatic carbocycles. The number of hydrogen-bond acceptors (Lipinski definition) is 4. The first-order valence-electron chi connectivity index (χ1n) is 7.18. The molecular formula is C16H21NO3. The van der Waals surface area contributed by atoms with Crippen molar-refractivity contribution in [2.75, 3.05) is 18.5 Å². The molecule has 0 spiro atoms. The Hall–Kier alpha value is -1.84. The number of ketones is 1. The Morgan fingerprint density at radius 2 is 2.05 bits per heavy atom. The molecule has 4 nitrogen and oxygen atoms in total. The highest BCUT2D eigenvalue weighted by Crippen LogP contribution is 2.35. The van der Waals surface area contributed by atoms with E-state index in [1.165, 1.54) is 0 Å². The van der Waals surface area contributed by atoms with Crippen LogP contribution in [0.15, 0.2) is 30.3 Å². The second kappa shape index (κ2) is 6.55. The Kier molecular flexibility index (Phi) is 4.77. The average molecular weight is 275 g/mol. The lowest BCUT2D eigenvalue weighted by molar-refractivity contribution is -0.161. The van der Waals surface area contributed by atoms with Crippen molar-refractivity contribution >= 4 is 17.4 Å². The first kappa shape index (κ1) is 14.6. The van der Waals surface area contributed by atoms with E-state index >= 15 is 0 Å². The fourth-order valence-corrected chi connectivity index (χ4v) is 2.64. The van der Waals surface area contributed by atoms with E-state index in [-0.39, 0.29) is 11.8 Å². The summed E-state index contributed by atoms with van der Waals surface area (Å²) in [5, 5.41) is 3.20. The molecule has 1 fully saturated rings. The molecule has 1 saturated carbocycles. The first-order chi connectivity index (χ1) is 9.69. The summed E-state index contributed by atoms with van der Waals surface area (Å²) in [6, 6.07) is 9.61. The molecule has 108 valence electrons. The van der Waals surface area contributed by atoms with Crippen molar-refractivity contribution in [3.8, 4) is 0 Å². The number of nitrogens with one attached hydrogen (secondary N) is 1. The van der Waals surface area contributed by atoms with Crippen LogP contribution in [0.4, 0.5) is 5.69 Å². The number of anilines is 1. The van der Waals surface area contributed by atoms with Crippen LogP contribution in [0.25, 0.3) is 0 Å². The lowest BCUT2D eigenvalue weighted by Gasteiger charge is -2.33. The molecular weight excluding hydrogens is 254 g/mol. The third kappa shape index (κ3) is 3.00. The zero-order valence-electron chi connectivity index (χ0n) is 11.9. The summed E-state index contributed by atoms with van der Waals surface area (Å²) in [7, 11) is 0. The van der Waals surface area contributed by atoms with Gasteiger partial charge in [0.05, 0.1) is 6.61 Å². The van der Waals surface area contributed by atoms with Gasteiger partial charge in [0.2, 0.25) is 0 Å². The number of Topliss-reactive ketones (excluding diaryl/α,β-unsaturated/α-hetero) is 1. The predicted octanol–water partition coefficient (Wildman–Crippen LogP) is 2.79. The second-order valence-electron chi connectivity index (χ2n) is 5.15. The van der Waals surface area contributed by atoms with E-state index in [1.807, 2.05) is 30.3 Å². The van der Waals surface area contributed by atoms with E-state index in [0.717, 1.165) is 18.5 Å². The summed E-state index contributed by atoms with van der Waals surface area (Å²) < 4.78 is 5.14. The van der Waals surface area contributed by atoms with Gasteiger partial charge in [-0.05, 0) is 31.9 Å². The fourth-order valence-electron chi connectivity index (χ4n) is 2.64. The first-order valence-corrected chi connectivity index (χ1v) is 7.18. The van der Waals surface area contributed by atoms with Gasteiger partial charge in [-0.15, -0.1) is 0 Å². The zero-order valence-corrected chi connectivity index (χ0v) is 11.9. The maximum absolute atomic E-state index is 12.3. The van der Waals surface area contributed by atoms with Gasteiger partial charge in [-0.25, -0.2) is 0 Å². The normalized spacial score (nSPS) is 22.4. The molecule has 0 bridgehead atoms. The van der Waals surface area contributed by atoms with E-state index in [9.17, 15) is 9.59 Å². The highest BCUT2D eigenvalue weighted by Gasteiger charge is 2.47. The molecule has 1 unspecified atom stereocenters. The van der Waals surface area contributed by atoms with Crippen molar-refractivity contribution in [2.45, 2.75) is 32.6 Å². The van der Waals surface area contributed by atoms with Gasteiger partial charge < -0.3 is 10.1 Å². The van der Waals surface area contributed by atoms with Crippen molar-refractivity contribution in [3.05, 3.63) is 30.3 Å². The molecule has 0 saturated heterocycles. The number of hydrogen-bond donors (Lipinski definition) is 1. The molecule has 0 heterocycles. The third-order valence-corrected chi connectivity index (χ3v) is 3.83. The number of esters is 1. The van der Waals surface area contributed by atoms with Crippen molar-refractivity contribution in [1.29, 1.82) is 0 Å². The van der Waals surface area contributed by atoms with Crippen LogP contribution in [-0.4, -0.2) is 24.9 Å². The minimum Gasteiger partial charge on any atom is -0.465 e. The smallest absolute Gasteiger partial charge is 0.321 e. The summed E-state index contributed by atoms with van der Waals surface area (Å²) in [5.41, 5.74) is -0.0982. The van der Waals surface area contributed by atoms with Crippen LogP contribution < -0.4 is 5.32 Å². The molecule has 1 aliphatic rings. The predicted molar refractivity (Wildman–Crippen MR) is 77.5 cm³/mol. The molecule has 0 aliphatic heterocycles. The van der Waals surface area contributed by atoms with E-state index in [1.54, 1.807) is 6.92 Å². The molecule has 4 heteroatoms. The van der Waals surface area contributed by atoms with Gasteiger partial charge in [0, 0.05) is 18.7 Å². The molecule has 1 aliphatic carbocycles. The highest BCUT2D eigenvalue weighted by molar-refractivity contribution is 6.04. The Bertz CT molecular complexity index is 472. The molecule has 2 rings (SSSR count). The van der Waals surface area contributed by atoms with Crippen LogP contribution in [0, 0.1) is 5.41 Å². The Labute approximate surface area is 119 Å². The van der Waals surface area contributed by atoms with Gasteiger partial charge in [0.15, 0.2) is 5.78 Å². The van der Waals surface area contributed by atoms with E-state index in [2.05, 4.69) is 5.32 Å². The lowest BCUT2D eigenvalue weighted by atomic mass is 9.72. The molecule has 20 heavy (non-hydrogen) atoms.